The Hall–Kier alpha value is -0.550. The van der Waals surface area contributed by atoms with E-state index in [1.807, 2.05) is 0 Å². The number of unbranched alkanes of at least 4 members (excludes halogenated alkanes) is 4. The molecule has 0 spiro atoms. The van der Waals surface area contributed by atoms with Crippen LogP contribution in [0.1, 0.15) is 110 Å². The molecule has 2 aliphatic carbocycles. The van der Waals surface area contributed by atoms with Crippen molar-refractivity contribution in [3.05, 3.63) is 0 Å². The number of ether oxygens (including phenoxy) is 1. The monoisotopic (exact) mass is 347 g/mol. The fourth-order valence-corrected chi connectivity index (χ4v) is 4.83. The van der Waals surface area contributed by atoms with Gasteiger partial charge in [0.05, 0.1) is 12.2 Å². The predicted molar refractivity (Wildman–Crippen MR) is 105 cm³/mol. The summed E-state index contributed by atoms with van der Waals surface area (Å²) in [6, 6.07) is 2.40. The van der Waals surface area contributed by atoms with E-state index in [0.29, 0.717) is 12.0 Å². The highest BCUT2D eigenvalue weighted by Crippen LogP contribution is 2.34. The maximum absolute atomic E-state index is 8.95. The lowest BCUT2D eigenvalue weighted by atomic mass is 9.78. The van der Waals surface area contributed by atoms with Gasteiger partial charge < -0.3 is 4.74 Å². The molecule has 0 N–H and O–H groups in total. The highest BCUT2D eigenvalue weighted by atomic mass is 16.5. The second-order valence-electron chi connectivity index (χ2n) is 8.71. The molecule has 0 aliphatic heterocycles. The van der Waals surface area contributed by atoms with Gasteiger partial charge in [-0.15, -0.1) is 0 Å². The lowest BCUT2D eigenvalue weighted by Crippen LogP contribution is -2.22. The molecule has 0 aromatic rings. The first kappa shape index (κ1) is 20.8. The highest BCUT2D eigenvalue weighted by molar-refractivity contribution is 4.87. The minimum atomic E-state index is 0.293. The van der Waals surface area contributed by atoms with Crippen molar-refractivity contribution in [1.82, 2.24) is 0 Å². The lowest BCUT2D eigenvalue weighted by molar-refractivity contribution is 0.0187. The summed E-state index contributed by atoms with van der Waals surface area (Å²) in [7, 11) is 0. The first-order valence-electron chi connectivity index (χ1n) is 11.3. The van der Waals surface area contributed by atoms with Crippen LogP contribution in [0.4, 0.5) is 0 Å². The van der Waals surface area contributed by atoms with Gasteiger partial charge in [-0.25, -0.2) is 0 Å². The Bertz CT molecular complexity index is 359. The zero-order valence-electron chi connectivity index (χ0n) is 16.7. The van der Waals surface area contributed by atoms with Gasteiger partial charge in [-0.1, -0.05) is 71.1 Å². The minimum absolute atomic E-state index is 0.293. The normalized spacial score (nSPS) is 30.1. The molecule has 0 saturated heterocycles. The third-order valence-corrected chi connectivity index (χ3v) is 6.65. The Labute approximate surface area is 156 Å². The van der Waals surface area contributed by atoms with Crippen molar-refractivity contribution in [1.29, 1.82) is 5.26 Å². The SMILES string of the molecule is CCCCCCCC1CCC(CCCOC2CCC(C#N)CC2)CC1. The first-order chi connectivity index (χ1) is 12.3. The van der Waals surface area contributed by atoms with Crippen molar-refractivity contribution in [2.45, 2.75) is 116 Å². The summed E-state index contributed by atoms with van der Waals surface area (Å²) in [6.07, 6.45) is 21.9. The number of nitrogens with zero attached hydrogens (tertiary/aromatic N) is 1. The van der Waals surface area contributed by atoms with E-state index in [-0.39, 0.29) is 0 Å². The van der Waals surface area contributed by atoms with Crippen molar-refractivity contribution in [3.8, 4) is 6.07 Å². The van der Waals surface area contributed by atoms with Crippen LogP contribution in [0, 0.1) is 29.1 Å². The molecule has 0 amide bonds. The van der Waals surface area contributed by atoms with E-state index in [1.54, 1.807) is 0 Å². The summed E-state index contributed by atoms with van der Waals surface area (Å²) in [4.78, 5) is 0. The van der Waals surface area contributed by atoms with Crippen molar-refractivity contribution in [2.24, 2.45) is 17.8 Å². The van der Waals surface area contributed by atoms with Gasteiger partial charge in [0.15, 0.2) is 0 Å². The number of hydrogen-bond donors (Lipinski definition) is 0. The number of hydrogen-bond acceptors (Lipinski definition) is 2. The van der Waals surface area contributed by atoms with E-state index in [4.69, 9.17) is 10.00 Å². The molecule has 0 atom stereocenters. The van der Waals surface area contributed by atoms with Gasteiger partial charge >= 0.3 is 0 Å². The molecule has 0 heterocycles. The molecule has 2 nitrogen and oxygen atoms in total. The Morgan fingerprint density at radius 2 is 1.36 bits per heavy atom. The molecule has 0 unspecified atom stereocenters. The van der Waals surface area contributed by atoms with Crippen LogP contribution >= 0.6 is 0 Å². The van der Waals surface area contributed by atoms with Crippen LogP contribution in [0.3, 0.4) is 0 Å². The molecule has 2 heteroatoms. The predicted octanol–water partition coefficient (Wildman–Crippen LogP) is 7.03. The van der Waals surface area contributed by atoms with Gasteiger partial charge in [-0.3, -0.25) is 0 Å². The molecule has 0 radical (unpaired) electrons. The molecular formula is C23H41NO. The summed E-state index contributed by atoms with van der Waals surface area (Å²) < 4.78 is 6.06. The van der Waals surface area contributed by atoms with Gasteiger partial charge in [0.25, 0.3) is 0 Å². The molecule has 2 rings (SSSR count). The van der Waals surface area contributed by atoms with Crippen molar-refractivity contribution in [3.63, 3.8) is 0 Å². The van der Waals surface area contributed by atoms with E-state index in [1.165, 1.54) is 77.0 Å². The third-order valence-electron chi connectivity index (χ3n) is 6.65. The summed E-state index contributed by atoms with van der Waals surface area (Å²) in [5, 5.41) is 8.95. The molecular weight excluding hydrogens is 306 g/mol. The van der Waals surface area contributed by atoms with Gasteiger partial charge in [0.1, 0.15) is 0 Å². The van der Waals surface area contributed by atoms with Crippen molar-refractivity contribution >= 4 is 0 Å². The van der Waals surface area contributed by atoms with Gasteiger partial charge in [-0.05, 0) is 50.4 Å². The van der Waals surface area contributed by atoms with Crippen LogP contribution in [0.2, 0.25) is 0 Å². The van der Waals surface area contributed by atoms with Gasteiger partial charge in [0, 0.05) is 12.5 Å². The summed E-state index contributed by atoms with van der Waals surface area (Å²) >= 11 is 0. The molecule has 25 heavy (non-hydrogen) atoms. The highest BCUT2D eigenvalue weighted by Gasteiger charge is 2.22. The van der Waals surface area contributed by atoms with Crippen LogP contribution in [-0.2, 0) is 4.74 Å². The third kappa shape index (κ3) is 8.59. The van der Waals surface area contributed by atoms with Crippen LogP contribution in [0.15, 0.2) is 0 Å². The second kappa shape index (κ2) is 12.7. The summed E-state index contributed by atoms with van der Waals surface area (Å²) in [6.45, 7) is 3.24. The smallest absolute Gasteiger partial charge is 0.0655 e. The van der Waals surface area contributed by atoms with E-state index in [0.717, 1.165) is 44.1 Å². The van der Waals surface area contributed by atoms with Crippen LogP contribution in [-0.4, -0.2) is 12.7 Å². The molecule has 2 fully saturated rings. The van der Waals surface area contributed by atoms with Crippen molar-refractivity contribution in [2.75, 3.05) is 6.61 Å². The summed E-state index contributed by atoms with van der Waals surface area (Å²) in [5.41, 5.74) is 0. The lowest BCUT2D eigenvalue weighted by Gasteiger charge is -2.29. The van der Waals surface area contributed by atoms with E-state index >= 15 is 0 Å². The van der Waals surface area contributed by atoms with Crippen LogP contribution in [0.5, 0.6) is 0 Å². The maximum Gasteiger partial charge on any atom is 0.0655 e. The molecule has 144 valence electrons. The Morgan fingerprint density at radius 1 is 0.760 bits per heavy atom. The van der Waals surface area contributed by atoms with E-state index in [9.17, 15) is 0 Å². The van der Waals surface area contributed by atoms with E-state index < -0.39 is 0 Å². The molecule has 2 aliphatic rings. The number of nitriles is 1. The van der Waals surface area contributed by atoms with Crippen LogP contribution in [0.25, 0.3) is 0 Å². The average Bonchev–Trinajstić information content (AvgIpc) is 2.66. The maximum atomic E-state index is 8.95. The topological polar surface area (TPSA) is 33.0 Å². The second-order valence-corrected chi connectivity index (χ2v) is 8.71. The Kier molecular flexibility index (Phi) is 10.6. The standard InChI is InChI=1S/C23H41NO/c1-2-3-4-5-6-8-20-10-12-21(13-11-20)9-7-18-25-23-16-14-22(19-24)15-17-23/h20-23H,2-18H2,1H3. The van der Waals surface area contributed by atoms with Gasteiger partial charge in [-0.2, -0.15) is 5.26 Å². The van der Waals surface area contributed by atoms with E-state index in [2.05, 4.69) is 13.0 Å². The summed E-state index contributed by atoms with van der Waals surface area (Å²) in [5.74, 6) is 2.29. The quantitative estimate of drug-likeness (QED) is 0.376. The Morgan fingerprint density at radius 3 is 1.96 bits per heavy atom. The van der Waals surface area contributed by atoms with Gasteiger partial charge in [0.2, 0.25) is 0 Å². The first-order valence-corrected chi connectivity index (χ1v) is 11.3. The fraction of sp³-hybridized carbons (Fsp3) is 0.957. The molecule has 0 aromatic carbocycles. The molecule has 0 bridgehead atoms. The van der Waals surface area contributed by atoms with Crippen molar-refractivity contribution < 1.29 is 4.74 Å². The zero-order valence-corrected chi connectivity index (χ0v) is 16.7. The largest absolute Gasteiger partial charge is 0.378 e. The zero-order chi connectivity index (χ0) is 17.7. The number of rotatable bonds is 11. The fourth-order valence-electron chi connectivity index (χ4n) is 4.83. The molecule has 2 saturated carbocycles. The average molecular weight is 348 g/mol. The molecule has 0 aromatic heterocycles. The minimum Gasteiger partial charge on any atom is -0.378 e. The Balaban J connectivity index is 1.43. The van der Waals surface area contributed by atoms with Crippen LogP contribution < -0.4 is 0 Å².